The van der Waals surface area contributed by atoms with Crippen LogP contribution in [0.5, 0.6) is 0 Å². The minimum Gasteiger partial charge on any atom is -0.393 e. The van der Waals surface area contributed by atoms with Gasteiger partial charge in [-0.2, -0.15) is 0 Å². The van der Waals surface area contributed by atoms with Crippen LogP contribution >= 0.6 is 0 Å². The number of rotatable bonds is 0. The molecule has 13 heavy (non-hydrogen) atoms. The molecule has 1 saturated carbocycles. The van der Waals surface area contributed by atoms with E-state index in [0.29, 0.717) is 12.3 Å². The first-order chi connectivity index (χ1) is 5.72. The lowest BCUT2D eigenvalue weighted by atomic mass is 9.67. The van der Waals surface area contributed by atoms with Crippen LogP contribution in [0.15, 0.2) is 0 Å². The Bertz CT molecular complexity index is 179. The minimum atomic E-state index is -0.652. The smallest absolute Gasteiger partial charge is 0.0644 e. The Balaban J connectivity index is 2.64. The zero-order valence-electron chi connectivity index (χ0n) is 9.17. The zero-order valence-corrected chi connectivity index (χ0v) is 9.17. The standard InChI is InChI=1S/C11H22O2/c1-10(2,3)8-5-6-11(4,13)7-9(8)12/h8-9,12-13H,5-7H2,1-4H3. The molecule has 1 fully saturated rings. The fourth-order valence-corrected chi connectivity index (χ4v) is 2.36. The molecule has 3 atom stereocenters. The zero-order chi connectivity index (χ0) is 10.3. The van der Waals surface area contributed by atoms with Crippen LogP contribution in [0.1, 0.15) is 47.0 Å². The molecule has 0 aromatic heterocycles. The van der Waals surface area contributed by atoms with Crippen molar-refractivity contribution in [2.45, 2.75) is 58.7 Å². The van der Waals surface area contributed by atoms with Gasteiger partial charge in [0.15, 0.2) is 0 Å². The van der Waals surface area contributed by atoms with Gasteiger partial charge in [-0.1, -0.05) is 20.8 Å². The van der Waals surface area contributed by atoms with Crippen LogP contribution in [0.25, 0.3) is 0 Å². The van der Waals surface area contributed by atoms with E-state index in [2.05, 4.69) is 20.8 Å². The van der Waals surface area contributed by atoms with Crippen LogP contribution in [-0.2, 0) is 0 Å². The van der Waals surface area contributed by atoms with Gasteiger partial charge in [-0.05, 0) is 31.1 Å². The molecular formula is C11H22O2. The fraction of sp³-hybridized carbons (Fsp3) is 1.00. The summed E-state index contributed by atoms with van der Waals surface area (Å²) in [7, 11) is 0. The van der Waals surface area contributed by atoms with Crippen LogP contribution in [0, 0.1) is 11.3 Å². The molecule has 0 saturated heterocycles. The molecule has 2 heteroatoms. The summed E-state index contributed by atoms with van der Waals surface area (Å²) >= 11 is 0. The quantitative estimate of drug-likeness (QED) is 0.607. The maximum absolute atomic E-state index is 9.88. The third-order valence-corrected chi connectivity index (χ3v) is 3.22. The summed E-state index contributed by atoms with van der Waals surface area (Å²) < 4.78 is 0. The van der Waals surface area contributed by atoms with E-state index in [-0.39, 0.29) is 11.5 Å². The molecule has 0 aliphatic heterocycles. The highest BCUT2D eigenvalue weighted by Gasteiger charge is 2.40. The van der Waals surface area contributed by atoms with Crippen molar-refractivity contribution >= 4 is 0 Å². The summed E-state index contributed by atoms with van der Waals surface area (Å²) in [5, 5.41) is 19.6. The molecule has 0 aromatic rings. The molecule has 78 valence electrons. The molecule has 3 unspecified atom stereocenters. The van der Waals surface area contributed by atoms with Crippen LogP contribution in [0.2, 0.25) is 0 Å². The average molecular weight is 186 g/mol. The monoisotopic (exact) mass is 186 g/mol. The van der Waals surface area contributed by atoms with E-state index in [9.17, 15) is 10.2 Å². The summed E-state index contributed by atoms with van der Waals surface area (Å²) in [6.07, 6.45) is 1.92. The Morgan fingerprint density at radius 3 is 2.23 bits per heavy atom. The number of aliphatic hydroxyl groups is 2. The SMILES string of the molecule is CC1(O)CCC(C(C)(C)C)C(O)C1. The van der Waals surface area contributed by atoms with Crippen molar-refractivity contribution in [3.05, 3.63) is 0 Å². The Labute approximate surface area is 81.0 Å². The second-order valence-electron chi connectivity index (χ2n) is 5.78. The normalized spacial score (nSPS) is 42.0. The maximum atomic E-state index is 9.88. The molecule has 1 rings (SSSR count). The summed E-state index contributed by atoms with van der Waals surface area (Å²) in [6.45, 7) is 8.28. The van der Waals surface area contributed by atoms with E-state index in [0.717, 1.165) is 12.8 Å². The third-order valence-electron chi connectivity index (χ3n) is 3.22. The van der Waals surface area contributed by atoms with Crippen molar-refractivity contribution in [3.8, 4) is 0 Å². The first kappa shape index (κ1) is 11.0. The highest BCUT2D eigenvalue weighted by atomic mass is 16.3. The molecule has 1 aliphatic rings. The van der Waals surface area contributed by atoms with Crippen molar-refractivity contribution in [2.24, 2.45) is 11.3 Å². The lowest BCUT2D eigenvalue weighted by Gasteiger charge is -2.43. The highest BCUT2D eigenvalue weighted by molar-refractivity contribution is 4.91. The van der Waals surface area contributed by atoms with Crippen molar-refractivity contribution in [1.29, 1.82) is 0 Å². The van der Waals surface area contributed by atoms with Gasteiger partial charge in [0.05, 0.1) is 11.7 Å². The number of hydrogen-bond donors (Lipinski definition) is 2. The molecule has 0 heterocycles. The van der Waals surface area contributed by atoms with Gasteiger partial charge in [-0.25, -0.2) is 0 Å². The summed E-state index contributed by atoms with van der Waals surface area (Å²) in [6, 6.07) is 0. The minimum absolute atomic E-state index is 0.149. The Morgan fingerprint density at radius 1 is 1.31 bits per heavy atom. The van der Waals surface area contributed by atoms with Crippen molar-refractivity contribution in [3.63, 3.8) is 0 Å². The van der Waals surface area contributed by atoms with Crippen molar-refractivity contribution in [2.75, 3.05) is 0 Å². The summed E-state index contributed by atoms with van der Waals surface area (Å²) in [5.41, 5.74) is -0.503. The average Bonchev–Trinajstić information content (AvgIpc) is 1.80. The van der Waals surface area contributed by atoms with Gasteiger partial charge in [0.25, 0.3) is 0 Å². The van der Waals surface area contributed by atoms with Gasteiger partial charge in [0.2, 0.25) is 0 Å². The van der Waals surface area contributed by atoms with E-state index < -0.39 is 5.60 Å². The second kappa shape index (κ2) is 3.25. The van der Waals surface area contributed by atoms with Gasteiger partial charge >= 0.3 is 0 Å². The topological polar surface area (TPSA) is 40.5 Å². The van der Waals surface area contributed by atoms with E-state index >= 15 is 0 Å². The molecule has 1 aliphatic carbocycles. The first-order valence-corrected chi connectivity index (χ1v) is 5.13. The fourth-order valence-electron chi connectivity index (χ4n) is 2.36. The third kappa shape index (κ3) is 2.68. The van der Waals surface area contributed by atoms with E-state index in [1.807, 2.05) is 6.92 Å². The van der Waals surface area contributed by atoms with E-state index in [1.165, 1.54) is 0 Å². The van der Waals surface area contributed by atoms with Gasteiger partial charge < -0.3 is 10.2 Å². The van der Waals surface area contributed by atoms with Crippen LogP contribution in [-0.4, -0.2) is 21.9 Å². The molecular weight excluding hydrogens is 164 g/mol. The predicted octanol–water partition coefficient (Wildman–Crippen LogP) is 1.94. The van der Waals surface area contributed by atoms with Crippen molar-refractivity contribution < 1.29 is 10.2 Å². The van der Waals surface area contributed by atoms with Gasteiger partial charge in [-0.3, -0.25) is 0 Å². The molecule has 2 N–H and O–H groups in total. The van der Waals surface area contributed by atoms with Crippen LogP contribution in [0.4, 0.5) is 0 Å². The van der Waals surface area contributed by atoms with Crippen LogP contribution in [0.3, 0.4) is 0 Å². The van der Waals surface area contributed by atoms with E-state index in [4.69, 9.17) is 0 Å². The molecule has 0 amide bonds. The lowest BCUT2D eigenvalue weighted by molar-refractivity contribution is -0.0833. The first-order valence-electron chi connectivity index (χ1n) is 5.13. The Morgan fingerprint density at radius 2 is 1.85 bits per heavy atom. The molecule has 0 bridgehead atoms. The van der Waals surface area contributed by atoms with Gasteiger partial charge in [0, 0.05) is 6.42 Å². The molecule has 0 radical (unpaired) electrons. The largest absolute Gasteiger partial charge is 0.393 e. The van der Waals surface area contributed by atoms with Crippen molar-refractivity contribution in [1.82, 2.24) is 0 Å². The van der Waals surface area contributed by atoms with Crippen LogP contribution < -0.4 is 0 Å². The Kier molecular flexibility index (Phi) is 2.75. The maximum Gasteiger partial charge on any atom is 0.0644 e. The molecule has 2 nitrogen and oxygen atoms in total. The second-order valence-corrected chi connectivity index (χ2v) is 5.78. The van der Waals surface area contributed by atoms with Gasteiger partial charge in [-0.15, -0.1) is 0 Å². The summed E-state index contributed by atoms with van der Waals surface area (Å²) in [4.78, 5) is 0. The lowest BCUT2D eigenvalue weighted by Crippen LogP contribution is -2.44. The number of aliphatic hydroxyl groups excluding tert-OH is 1. The summed E-state index contributed by atoms with van der Waals surface area (Å²) in [5.74, 6) is 0.327. The predicted molar refractivity (Wildman–Crippen MR) is 53.4 cm³/mol. The highest BCUT2D eigenvalue weighted by Crippen LogP contribution is 2.41. The van der Waals surface area contributed by atoms with E-state index in [1.54, 1.807) is 0 Å². The van der Waals surface area contributed by atoms with Gasteiger partial charge in [0.1, 0.15) is 0 Å². The number of hydrogen-bond acceptors (Lipinski definition) is 2. The molecule has 0 aromatic carbocycles. The Hall–Kier alpha value is -0.0800. The molecule has 0 spiro atoms.